The minimum atomic E-state index is -2.87. The van der Waals surface area contributed by atoms with Crippen LogP contribution in [0.5, 0.6) is 0 Å². The highest BCUT2D eigenvalue weighted by Gasteiger charge is 2.92. The number of esters is 8. The average molecular weight is 869 g/mol. The van der Waals surface area contributed by atoms with Crippen molar-refractivity contribution in [3.63, 3.8) is 0 Å². The van der Waals surface area contributed by atoms with Gasteiger partial charge in [-0.15, -0.1) is 0 Å². The SMILES string of the molecule is CC(=O)OCC12C(OC(C)=O)C(OC(C)=O)C3C(OC(C)=O)C14OC3(C)COC(=O)c1cccnc1C(C)C(C)C(=O)OC(C(OC(C)=O)C2OC(=O)c1cccnc1)C4(C)O. The average Bonchev–Trinajstić information content (AvgIpc) is 3.42. The predicted molar refractivity (Wildman–Crippen MR) is 203 cm³/mol. The second-order valence-electron chi connectivity index (χ2n) is 16.4. The number of carbonyl (C=O) groups excluding carboxylic acids is 8. The van der Waals surface area contributed by atoms with Crippen LogP contribution in [0.2, 0.25) is 0 Å². The van der Waals surface area contributed by atoms with Gasteiger partial charge in [-0.25, -0.2) is 9.59 Å². The van der Waals surface area contributed by atoms with E-state index in [1.165, 1.54) is 50.5 Å². The first kappa shape index (κ1) is 45.5. The molecular formula is C42H48N2O18. The van der Waals surface area contributed by atoms with Crippen molar-refractivity contribution in [1.82, 2.24) is 9.97 Å². The molecule has 2 aromatic rings. The molecule has 62 heavy (non-hydrogen) atoms. The Morgan fingerprint density at radius 1 is 0.774 bits per heavy atom. The van der Waals surface area contributed by atoms with Crippen LogP contribution < -0.4 is 0 Å². The highest BCUT2D eigenvalue weighted by atomic mass is 16.7. The Kier molecular flexibility index (Phi) is 12.2. The summed E-state index contributed by atoms with van der Waals surface area (Å²) >= 11 is 0. The maximum absolute atomic E-state index is 14.6. The van der Waals surface area contributed by atoms with Gasteiger partial charge >= 0.3 is 47.8 Å². The van der Waals surface area contributed by atoms with Gasteiger partial charge in [0.15, 0.2) is 30.0 Å². The highest BCUT2D eigenvalue weighted by molar-refractivity contribution is 5.91. The summed E-state index contributed by atoms with van der Waals surface area (Å²) in [6, 6.07) is 5.61. The summed E-state index contributed by atoms with van der Waals surface area (Å²) in [5.74, 6) is -12.0. The van der Waals surface area contributed by atoms with E-state index in [9.17, 15) is 43.5 Å². The van der Waals surface area contributed by atoms with Crippen molar-refractivity contribution >= 4 is 47.8 Å². The van der Waals surface area contributed by atoms with Gasteiger partial charge in [-0.2, -0.15) is 0 Å². The van der Waals surface area contributed by atoms with E-state index in [0.717, 1.165) is 47.7 Å². The van der Waals surface area contributed by atoms with Crippen LogP contribution in [-0.4, -0.2) is 129 Å². The predicted octanol–water partition coefficient (Wildman–Crippen LogP) is 1.72. The zero-order valence-corrected chi connectivity index (χ0v) is 35.4. The van der Waals surface area contributed by atoms with E-state index in [-0.39, 0.29) is 16.8 Å². The monoisotopic (exact) mass is 868 g/mol. The van der Waals surface area contributed by atoms with Crippen molar-refractivity contribution in [2.75, 3.05) is 13.2 Å². The lowest BCUT2D eigenvalue weighted by molar-refractivity contribution is -0.385. The van der Waals surface area contributed by atoms with Crippen molar-refractivity contribution in [3.05, 3.63) is 59.7 Å². The highest BCUT2D eigenvalue weighted by Crippen LogP contribution is 2.70. The fourth-order valence-corrected chi connectivity index (χ4v) is 9.74. The Morgan fingerprint density at radius 3 is 1.97 bits per heavy atom. The molecule has 0 radical (unpaired) electrons. The van der Waals surface area contributed by atoms with Crippen molar-refractivity contribution in [3.8, 4) is 0 Å². The van der Waals surface area contributed by atoms with Crippen molar-refractivity contribution in [2.45, 2.75) is 122 Å². The molecule has 334 valence electrons. The minimum absolute atomic E-state index is 0.0538. The summed E-state index contributed by atoms with van der Waals surface area (Å²) in [5.41, 5.74) is -10.6. The Bertz CT molecular complexity index is 2160. The van der Waals surface area contributed by atoms with Gasteiger partial charge in [0.05, 0.1) is 28.7 Å². The second-order valence-corrected chi connectivity index (χ2v) is 16.4. The van der Waals surface area contributed by atoms with Gasteiger partial charge in [0.1, 0.15) is 42.0 Å². The summed E-state index contributed by atoms with van der Waals surface area (Å²) in [6.07, 6.45) is -8.46. The van der Waals surface area contributed by atoms with Crippen LogP contribution in [0.15, 0.2) is 42.9 Å². The van der Waals surface area contributed by atoms with Gasteiger partial charge < -0.3 is 47.7 Å². The quantitative estimate of drug-likeness (QED) is 0.292. The van der Waals surface area contributed by atoms with Gasteiger partial charge in [0.25, 0.3) is 0 Å². The van der Waals surface area contributed by atoms with Crippen LogP contribution >= 0.6 is 0 Å². The molecule has 1 N–H and O–H groups in total. The van der Waals surface area contributed by atoms with E-state index in [4.69, 9.17) is 42.6 Å². The lowest BCUT2D eigenvalue weighted by Crippen LogP contribution is -2.89. The standard InChI is InChI=1S/C42H48N2O18/c1-19-20(2)36(50)60-33-31(57-23(5)47)35(61-37(51)26-12-10-14-43-16-26)41(18-54-21(3)45)34(59-25(7)49)30(56-22(4)46)28-32(58-24(6)48)42(41,40(33,9)53)62-39(28,8)17-55-38(52)27-13-11-15-44-29(19)27/h10-16,19-20,28,30-35,53H,17-18H2,1-9H3. The Labute approximate surface area is 355 Å². The van der Waals surface area contributed by atoms with Crippen LogP contribution in [0.25, 0.3) is 0 Å². The summed E-state index contributed by atoms with van der Waals surface area (Å²) in [7, 11) is 0. The summed E-state index contributed by atoms with van der Waals surface area (Å²) in [4.78, 5) is 118. The zero-order chi connectivity index (χ0) is 45.7. The molecule has 2 saturated carbocycles. The van der Waals surface area contributed by atoms with Crippen LogP contribution in [-0.2, 0) is 71.4 Å². The van der Waals surface area contributed by atoms with Crippen LogP contribution in [0.1, 0.15) is 94.6 Å². The first-order valence-corrected chi connectivity index (χ1v) is 19.7. The molecule has 2 aliphatic heterocycles. The molecule has 1 saturated heterocycles. The maximum Gasteiger partial charge on any atom is 0.340 e. The van der Waals surface area contributed by atoms with Crippen LogP contribution in [0.3, 0.4) is 0 Å². The molecule has 1 spiro atoms. The molecule has 3 fully saturated rings. The van der Waals surface area contributed by atoms with Gasteiger partial charge in [0.2, 0.25) is 0 Å². The number of fused-ring (bicyclic) bond motifs is 5. The van der Waals surface area contributed by atoms with E-state index in [1.54, 1.807) is 6.92 Å². The molecule has 13 atom stereocenters. The Hall–Kier alpha value is -6.02. The van der Waals surface area contributed by atoms with Crippen molar-refractivity contribution in [1.29, 1.82) is 0 Å². The Balaban J connectivity index is 1.81. The largest absolute Gasteiger partial charge is 0.465 e. The number of cyclic esters (lactones) is 1. The molecule has 4 aliphatic rings. The smallest absolute Gasteiger partial charge is 0.340 e. The molecule has 0 aromatic carbocycles. The number of hydrogen-bond donors (Lipinski definition) is 1. The van der Waals surface area contributed by atoms with E-state index < -0.39 is 138 Å². The molecular weight excluding hydrogens is 820 g/mol. The summed E-state index contributed by atoms with van der Waals surface area (Å²) in [5, 5.41) is 13.6. The maximum atomic E-state index is 14.6. The second kappa shape index (κ2) is 16.7. The summed E-state index contributed by atoms with van der Waals surface area (Å²) in [6.45, 7) is 8.60. The molecule has 13 unspecified atom stereocenters. The molecule has 0 amide bonds. The van der Waals surface area contributed by atoms with E-state index in [0.29, 0.717) is 0 Å². The lowest BCUT2D eigenvalue weighted by Gasteiger charge is -2.67. The van der Waals surface area contributed by atoms with E-state index in [2.05, 4.69) is 9.97 Å². The molecule has 4 bridgehead atoms. The number of aromatic nitrogens is 2. The number of hydrogen-bond acceptors (Lipinski definition) is 20. The number of nitrogens with zero attached hydrogens (tertiary/aromatic N) is 2. The third-order valence-electron chi connectivity index (χ3n) is 12.3. The molecule has 2 aliphatic carbocycles. The van der Waals surface area contributed by atoms with Gasteiger partial charge in [-0.3, -0.25) is 38.7 Å². The van der Waals surface area contributed by atoms with Gasteiger partial charge in [-0.1, -0.05) is 13.8 Å². The third kappa shape index (κ3) is 7.41. The third-order valence-corrected chi connectivity index (χ3v) is 12.3. The lowest BCUT2D eigenvalue weighted by atomic mass is 9.45. The fourth-order valence-electron chi connectivity index (χ4n) is 9.74. The van der Waals surface area contributed by atoms with Gasteiger partial charge in [-0.05, 0) is 38.1 Å². The number of carbonyl (C=O) groups is 8. The van der Waals surface area contributed by atoms with E-state index >= 15 is 0 Å². The first-order valence-electron chi connectivity index (χ1n) is 19.7. The molecule has 20 nitrogen and oxygen atoms in total. The fraction of sp³-hybridized carbons (Fsp3) is 0.571. The normalized spacial score (nSPS) is 36.0. The molecule has 20 heteroatoms. The number of rotatable bonds is 8. The molecule has 2 aromatic heterocycles. The van der Waals surface area contributed by atoms with E-state index in [1.807, 2.05) is 0 Å². The topological polar surface area (TPSA) is 266 Å². The minimum Gasteiger partial charge on any atom is -0.465 e. The number of ether oxygens (including phenoxy) is 9. The number of pyridine rings is 2. The summed E-state index contributed by atoms with van der Waals surface area (Å²) < 4.78 is 55.3. The van der Waals surface area contributed by atoms with Crippen molar-refractivity contribution < 1.29 is 86.1 Å². The zero-order valence-electron chi connectivity index (χ0n) is 35.4. The first-order chi connectivity index (χ1) is 29.0. The van der Waals surface area contributed by atoms with Crippen LogP contribution in [0, 0.1) is 17.3 Å². The van der Waals surface area contributed by atoms with Crippen LogP contribution in [0.4, 0.5) is 0 Å². The Morgan fingerprint density at radius 2 is 1.37 bits per heavy atom. The molecule has 4 heterocycles. The van der Waals surface area contributed by atoms with Crippen molar-refractivity contribution in [2.24, 2.45) is 17.3 Å². The number of aliphatic hydroxyl groups is 1. The van der Waals surface area contributed by atoms with Gasteiger partial charge in [0, 0.05) is 59.1 Å². The molecule has 6 rings (SSSR count).